The largest absolute Gasteiger partial charge is 0.325 e. The molecule has 4 nitrogen and oxygen atoms in total. The fourth-order valence-corrected chi connectivity index (χ4v) is 4.56. The number of fused-ring (bicyclic) bond motifs is 1. The van der Waals surface area contributed by atoms with Crippen molar-refractivity contribution in [2.24, 2.45) is 11.3 Å². The Balaban J connectivity index is 1.68. The molecule has 0 saturated carbocycles. The van der Waals surface area contributed by atoms with Gasteiger partial charge in [0, 0.05) is 16.4 Å². The van der Waals surface area contributed by atoms with Crippen molar-refractivity contribution in [2.75, 3.05) is 11.1 Å². The molecule has 1 heterocycles. The molecular formula is C23H26ClN3OS. The molecule has 0 fully saturated rings. The number of carbonyl (C=O) groups is 1. The van der Waals surface area contributed by atoms with E-state index in [1.54, 1.807) is 24.3 Å². The summed E-state index contributed by atoms with van der Waals surface area (Å²) in [5.74, 6) is 0.677. The van der Waals surface area contributed by atoms with Crippen LogP contribution in [0.25, 0.3) is 0 Å². The van der Waals surface area contributed by atoms with Crippen LogP contribution in [0.4, 0.5) is 5.69 Å². The van der Waals surface area contributed by atoms with Crippen LogP contribution in [0.5, 0.6) is 0 Å². The summed E-state index contributed by atoms with van der Waals surface area (Å²) in [6.45, 7) is 6.89. The summed E-state index contributed by atoms with van der Waals surface area (Å²) in [5, 5.41) is 13.7. The van der Waals surface area contributed by atoms with E-state index in [9.17, 15) is 10.1 Å². The van der Waals surface area contributed by atoms with Crippen LogP contribution in [0.15, 0.2) is 35.4 Å². The fraction of sp³-hybridized carbons (Fsp3) is 0.435. The lowest BCUT2D eigenvalue weighted by atomic mass is 9.69. The molecule has 1 aliphatic rings. The minimum absolute atomic E-state index is 0.134. The third kappa shape index (κ3) is 5.32. The van der Waals surface area contributed by atoms with Crippen molar-refractivity contribution < 1.29 is 4.79 Å². The number of nitrogens with zero attached hydrogens (tertiary/aromatic N) is 2. The number of rotatable bonds is 6. The number of pyridine rings is 1. The first-order valence-corrected chi connectivity index (χ1v) is 11.3. The molecule has 3 rings (SSSR count). The van der Waals surface area contributed by atoms with Crippen LogP contribution < -0.4 is 5.32 Å². The Morgan fingerprint density at radius 3 is 2.76 bits per heavy atom. The Kier molecular flexibility index (Phi) is 6.87. The normalized spacial score (nSPS) is 16.0. The maximum absolute atomic E-state index is 12.3. The van der Waals surface area contributed by atoms with Gasteiger partial charge in [0.25, 0.3) is 0 Å². The van der Waals surface area contributed by atoms with E-state index < -0.39 is 0 Å². The zero-order chi connectivity index (χ0) is 21.0. The van der Waals surface area contributed by atoms with Crippen molar-refractivity contribution in [1.29, 1.82) is 5.26 Å². The second-order valence-electron chi connectivity index (χ2n) is 8.18. The predicted molar refractivity (Wildman–Crippen MR) is 119 cm³/mol. The number of carbonyl (C=O) groups excluding carboxylic acids is 1. The molecule has 0 saturated heterocycles. The molecule has 0 radical (unpaired) electrons. The molecule has 152 valence electrons. The molecule has 1 aliphatic carbocycles. The van der Waals surface area contributed by atoms with Gasteiger partial charge in [0.15, 0.2) is 0 Å². The van der Waals surface area contributed by atoms with Crippen LogP contribution >= 0.6 is 23.4 Å². The third-order valence-corrected chi connectivity index (χ3v) is 7.20. The first-order valence-electron chi connectivity index (χ1n) is 9.93. The van der Waals surface area contributed by atoms with Crippen LogP contribution in [-0.4, -0.2) is 16.6 Å². The molecule has 1 N–H and O–H groups in total. The van der Waals surface area contributed by atoms with Gasteiger partial charge in [0.1, 0.15) is 11.1 Å². The van der Waals surface area contributed by atoms with Crippen LogP contribution in [0, 0.1) is 22.7 Å². The van der Waals surface area contributed by atoms with Gasteiger partial charge in [-0.15, -0.1) is 0 Å². The van der Waals surface area contributed by atoms with Crippen molar-refractivity contribution in [3.05, 3.63) is 52.2 Å². The first kappa shape index (κ1) is 21.7. The predicted octanol–water partition coefficient (Wildman–Crippen LogP) is 5.88. The van der Waals surface area contributed by atoms with E-state index in [0.717, 1.165) is 31.4 Å². The molecule has 2 aromatic rings. The first-order chi connectivity index (χ1) is 13.8. The monoisotopic (exact) mass is 427 g/mol. The molecule has 1 atom stereocenters. The zero-order valence-electron chi connectivity index (χ0n) is 17.1. The number of aromatic nitrogens is 1. The van der Waals surface area contributed by atoms with Crippen LogP contribution in [-0.2, 0) is 17.6 Å². The van der Waals surface area contributed by atoms with Crippen LogP contribution in [0.3, 0.4) is 0 Å². The van der Waals surface area contributed by atoms with Crippen molar-refractivity contribution in [3.8, 4) is 6.07 Å². The number of hydrogen-bond donors (Lipinski definition) is 1. The molecule has 1 aromatic heterocycles. The SMILES string of the molecule is CCC(C)(C)C1CCc2nc(SCC(=O)Nc3ccc(Cl)cc3)c(C#N)cc2C1. The van der Waals surface area contributed by atoms with Crippen LogP contribution in [0.1, 0.15) is 50.4 Å². The summed E-state index contributed by atoms with van der Waals surface area (Å²) in [5.41, 5.74) is 3.81. The molecule has 0 aliphatic heterocycles. The van der Waals surface area contributed by atoms with Gasteiger partial charge in [0.05, 0.1) is 11.3 Å². The molecule has 0 spiro atoms. The highest BCUT2D eigenvalue weighted by molar-refractivity contribution is 8.00. The number of anilines is 1. The van der Waals surface area contributed by atoms with E-state index >= 15 is 0 Å². The van der Waals surface area contributed by atoms with Gasteiger partial charge < -0.3 is 5.32 Å². The Bertz CT molecular complexity index is 934. The van der Waals surface area contributed by atoms with Gasteiger partial charge in [-0.05, 0) is 66.5 Å². The lowest BCUT2D eigenvalue weighted by Gasteiger charge is -2.37. The topological polar surface area (TPSA) is 65.8 Å². The maximum atomic E-state index is 12.3. The van der Waals surface area contributed by atoms with Crippen molar-refractivity contribution in [1.82, 2.24) is 4.98 Å². The van der Waals surface area contributed by atoms with Crippen molar-refractivity contribution >= 4 is 35.0 Å². The number of aryl methyl sites for hydroxylation is 1. The number of amides is 1. The molecule has 29 heavy (non-hydrogen) atoms. The number of thioether (sulfide) groups is 1. The second kappa shape index (κ2) is 9.19. The molecule has 1 unspecified atom stereocenters. The quantitative estimate of drug-likeness (QED) is 0.584. The van der Waals surface area contributed by atoms with Gasteiger partial charge >= 0.3 is 0 Å². The Morgan fingerprint density at radius 2 is 2.10 bits per heavy atom. The molecule has 1 aromatic carbocycles. The fourth-order valence-electron chi connectivity index (χ4n) is 3.66. The second-order valence-corrected chi connectivity index (χ2v) is 9.58. The lowest BCUT2D eigenvalue weighted by molar-refractivity contribution is -0.113. The molecule has 0 bridgehead atoms. The van der Waals surface area contributed by atoms with E-state index in [-0.39, 0.29) is 17.1 Å². The molecular weight excluding hydrogens is 402 g/mol. The van der Waals surface area contributed by atoms with E-state index in [2.05, 4.69) is 32.2 Å². The molecule has 1 amide bonds. The minimum atomic E-state index is -0.134. The number of nitrogens with one attached hydrogen (secondary N) is 1. The van der Waals surface area contributed by atoms with Crippen molar-refractivity contribution in [2.45, 2.75) is 51.5 Å². The number of hydrogen-bond acceptors (Lipinski definition) is 4. The Hall–Kier alpha value is -2.03. The summed E-state index contributed by atoms with van der Waals surface area (Å²) in [7, 11) is 0. The Labute approximate surface area is 182 Å². The minimum Gasteiger partial charge on any atom is -0.325 e. The van der Waals surface area contributed by atoms with Gasteiger partial charge in [-0.25, -0.2) is 4.98 Å². The average Bonchev–Trinajstić information content (AvgIpc) is 2.72. The summed E-state index contributed by atoms with van der Waals surface area (Å²) >= 11 is 7.18. The van der Waals surface area contributed by atoms with Gasteiger partial charge in [-0.1, -0.05) is 50.6 Å². The van der Waals surface area contributed by atoms with E-state index in [1.165, 1.54) is 17.3 Å². The van der Waals surface area contributed by atoms with E-state index in [0.29, 0.717) is 27.2 Å². The van der Waals surface area contributed by atoms with Gasteiger partial charge in [0.2, 0.25) is 5.91 Å². The summed E-state index contributed by atoms with van der Waals surface area (Å²) in [6, 6.07) is 11.2. The Morgan fingerprint density at radius 1 is 1.38 bits per heavy atom. The highest BCUT2D eigenvalue weighted by atomic mass is 35.5. The van der Waals surface area contributed by atoms with Crippen LogP contribution in [0.2, 0.25) is 5.02 Å². The van der Waals surface area contributed by atoms with E-state index in [4.69, 9.17) is 16.6 Å². The number of nitriles is 1. The summed E-state index contributed by atoms with van der Waals surface area (Å²) in [6.07, 6.45) is 4.16. The maximum Gasteiger partial charge on any atom is 0.234 e. The van der Waals surface area contributed by atoms with E-state index in [1.807, 2.05) is 6.07 Å². The van der Waals surface area contributed by atoms with Gasteiger partial charge in [-0.2, -0.15) is 5.26 Å². The third-order valence-electron chi connectivity index (χ3n) is 5.96. The zero-order valence-corrected chi connectivity index (χ0v) is 18.7. The highest BCUT2D eigenvalue weighted by Gasteiger charge is 2.32. The van der Waals surface area contributed by atoms with Gasteiger partial charge in [-0.3, -0.25) is 4.79 Å². The summed E-state index contributed by atoms with van der Waals surface area (Å²) < 4.78 is 0. The lowest BCUT2D eigenvalue weighted by Crippen LogP contribution is -2.29. The summed E-state index contributed by atoms with van der Waals surface area (Å²) in [4.78, 5) is 17.0. The van der Waals surface area contributed by atoms with Crippen molar-refractivity contribution in [3.63, 3.8) is 0 Å². The smallest absolute Gasteiger partial charge is 0.234 e. The number of halogens is 1. The highest BCUT2D eigenvalue weighted by Crippen LogP contribution is 2.40. The average molecular weight is 428 g/mol. The molecule has 6 heteroatoms. The number of benzene rings is 1. The standard InChI is InChI=1S/C23H26ClN3OS/c1-4-23(2,3)17-5-10-20-15(12-17)11-16(13-25)22(27-20)29-14-21(28)26-19-8-6-18(24)7-9-19/h6-9,11,17H,4-5,10,12,14H2,1-3H3,(H,26,28).